The van der Waals surface area contributed by atoms with Gasteiger partial charge in [-0.15, -0.1) is 24.0 Å². The van der Waals surface area contributed by atoms with Gasteiger partial charge in [0.05, 0.1) is 13.2 Å². The van der Waals surface area contributed by atoms with Crippen LogP contribution >= 0.6 is 24.0 Å². The van der Waals surface area contributed by atoms with Gasteiger partial charge in [0, 0.05) is 58.4 Å². The van der Waals surface area contributed by atoms with Gasteiger partial charge in [0.25, 0.3) is 0 Å². The minimum absolute atomic E-state index is 0. The zero-order chi connectivity index (χ0) is 20.2. The molecule has 7 heteroatoms. The van der Waals surface area contributed by atoms with Gasteiger partial charge >= 0.3 is 0 Å². The monoisotopic (exact) mass is 530 g/mol. The number of hydrogen-bond acceptors (Lipinski definition) is 4. The molecule has 2 heterocycles. The Morgan fingerprint density at radius 1 is 1.23 bits per heavy atom. The smallest absolute Gasteiger partial charge is 0.191 e. The second kappa shape index (κ2) is 15.0. The van der Waals surface area contributed by atoms with Gasteiger partial charge in [-0.25, -0.2) is 0 Å². The molecule has 1 unspecified atom stereocenters. The van der Waals surface area contributed by atoms with E-state index in [1.165, 1.54) is 17.5 Å². The largest absolute Gasteiger partial charge is 0.381 e. The van der Waals surface area contributed by atoms with Gasteiger partial charge in [0.2, 0.25) is 0 Å². The molecule has 0 radical (unpaired) electrons. The predicted octanol–water partition coefficient (Wildman–Crippen LogP) is 3.05. The zero-order valence-electron chi connectivity index (χ0n) is 18.4. The first-order valence-corrected chi connectivity index (χ1v) is 11.3. The number of rotatable bonds is 11. The maximum atomic E-state index is 5.75. The summed E-state index contributed by atoms with van der Waals surface area (Å²) < 4.78 is 11.1. The highest BCUT2D eigenvalue weighted by Crippen LogP contribution is 2.18. The van der Waals surface area contributed by atoms with Gasteiger partial charge in [-0.2, -0.15) is 0 Å². The second-order valence-corrected chi connectivity index (χ2v) is 7.99. The minimum atomic E-state index is 0. The third-order valence-corrected chi connectivity index (χ3v) is 5.59. The Balaban J connectivity index is 0.00000320. The molecule has 1 saturated heterocycles. The molecule has 0 aliphatic carbocycles. The molecule has 30 heavy (non-hydrogen) atoms. The van der Waals surface area contributed by atoms with Crippen LogP contribution in [0.5, 0.6) is 0 Å². The van der Waals surface area contributed by atoms with Gasteiger partial charge in [-0.05, 0) is 43.7 Å². The van der Waals surface area contributed by atoms with E-state index in [2.05, 4.69) is 51.7 Å². The SMILES string of the molecule is CCNC(=NCCCOCC1CCOC1)NCCCN1CCc2ccccc2C1.I. The van der Waals surface area contributed by atoms with Crippen molar-refractivity contribution >= 4 is 29.9 Å². The van der Waals surface area contributed by atoms with Crippen molar-refractivity contribution in [3.8, 4) is 0 Å². The average Bonchev–Trinajstić information content (AvgIpc) is 3.27. The number of guanidine groups is 1. The van der Waals surface area contributed by atoms with Crippen LogP contribution < -0.4 is 10.6 Å². The summed E-state index contributed by atoms with van der Waals surface area (Å²) in [6, 6.07) is 8.83. The average molecular weight is 530 g/mol. The lowest BCUT2D eigenvalue weighted by atomic mass is 10.00. The van der Waals surface area contributed by atoms with E-state index in [1.54, 1.807) is 0 Å². The highest BCUT2D eigenvalue weighted by Gasteiger charge is 2.15. The number of nitrogens with zero attached hydrogens (tertiary/aromatic N) is 2. The third-order valence-electron chi connectivity index (χ3n) is 5.59. The van der Waals surface area contributed by atoms with Gasteiger partial charge in [-0.3, -0.25) is 9.89 Å². The molecule has 2 aliphatic heterocycles. The van der Waals surface area contributed by atoms with Crippen molar-refractivity contribution in [2.45, 2.75) is 39.2 Å². The molecule has 3 rings (SSSR count). The fourth-order valence-electron chi connectivity index (χ4n) is 3.92. The number of halogens is 1. The molecule has 2 aliphatic rings. The number of nitrogens with one attached hydrogen (secondary N) is 2. The first-order chi connectivity index (χ1) is 14.3. The van der Waals surface area contributed by atoms with E-state index in [0.717, 1.165) is 90.9 Å². The Kier molecular flexibility index (Phi) is 12.7. The lowest BCUT2D eigenvalue weighted by molar-refractivity contribution is 0.0893. The van der Waals surface area contributed by atoms with Gasteiger partial charge in [0.15, 0.2) is 5.96 Å². The Hall–Kier alpha value is -0.900. The van der Waals surface area contributed by atoms with Crippen LogP contribution in [-0.4, -0.2) is 70.0 Å². The summed E-state index contributed by atoms with van der Waals surface area (Å²) in [5.41, 5.74) is 3.01. The molecular formula is C23H39IN4O2. The van der Waals surface area contributed by atoms with Crippen molar-refractivity contribution in [2.75, 3.05) is 59.2 Å². The van der Waals surface area contributed by atoms with Crippen molar-refractivity contribution in [1.29, 1.82) is 0 Å². The van der Waals surface area contributed by atoms with Gasteiger partial charge in [-0.1, -0.05) is 24.3 Å². The molecule has 0 aromatic heterocycles. The summed E-state index contributed by atoms with van der Waals surface area (Å²) in [6.45, 7) is 11.4. The van der Waals surface area contributed by atoms with Crippen LogP contribution in [0.15, 0.2) is 29.3 Å². The maximum Gasteiger partial charge on any atom is 0.191 e. The summed E-state index contributed by atoms with van der Waals surface area (Å²) in [5, 5.41) is 6.81. The molecule has 1 aromatic rings. The summed E-state index contributed by atoms with van der Waals surface area (Å²) in [6.07, 6.45) is 4.39. The van der Waals surface area contributed by atoms with Crippen LogP contribution in [0.4, 0.5) is 0 Å². The van der Waals surface area contributed by atoms with Crippen LogP contribution in [0, 0.1) is 5.92 Å². The van der Waals surface area contributed by atoms with Crippen molar-refractivity contribution in [1.82, 2.24) is 15.5 Å². The molecule has 0 saturated carbocycles. The molecule has 0 bridgehead atoms. The Morgan fingerprint density at radius 2 is 2.10 bits per heavy atom. The normalized spacial score (nSPS) is 19.2. The highest BCUT2D eigenvalue weighted by molar-refractivity contribution is 14.0. The Labute approximate surface area is 199 Å². The molecular weight excluding hydrogens is 491 g/mol. The Morgan fingerprint density at radius 3 is 2.90 bits per heavy atom. The summed E-state index contributed by atoms with van der Waals surface area (Å²) in [7, 11) is 0. The van der Waals surface area contributed by atoms with Crippen molar-refractivity contribution < 1.29 is 9.47 Å². The number of aliphatic imine (C=N–C) groups is 1. The standard InChI is InChI=1S/C23H38N4O2.HI/c1-2-24-23(26-12-6-15-28-18-20-10-16-29-19-20)25-11-5-13-27-14-9-21-7-3-4-8-22(21)17-27;/h3-4,7-8,20H,2,5-6,9-19H2,1H3,(H2,24,25,26);1H. The molecule has 1 atom stereocenters. The van der Waals surface area contributed by atoms with E-state index in [0.29, 0.717) is 5.92 Å². The molecule has 6 nitrogen and oxygen atoms in total. The first-order valence-electron chi connectivity index (χ1n) is 11.3. The van der Waals surface area contributed by atoms with Crippen LogP contribution in [0.3, 0.4) is 0 Å². The number of fused-ring (bicyclic) bond motifs is 1. The quantitative estimate of drug-likeness (QED) is 0.200. The van der Waals surface area contributed by atoms with Crippen molar-refractivity contribution in [3.63, 3.8) is 0 Å². The van der Waals surface area contributed by atoms with Crippen molar-refractivity contribution in [2.24, 2.45) is 10.9 Å². The Bertz CT molecular complexity index is 623. The minimum Gasteiger partial charge on any atom is -0.381 e. The van der Waals surface area contributed by atoms with Gasteiger partial charge < -0.3 is 20.1 Å². The van der Waals surface area contributed by atoms with E-state index in [4.69, 9.17) is 9.47 Å². The topological polar surface area (TPSA) is 58.1 Å². The van der Waals surface area contributed by atoms with Gasteiger partial charge in [0.1, 0.15) is 0 Å². The van der Waals surface area contributed by atoms with E-state index in [9.17, 15) is 0 Å². The molecule has 0 amide bonds. The maximum absolute atomic E-state index is 5.75. The fourth-order valence-corrected chi connectivity index (χ4v) is 3.92. The molecule has 2 N–H and O–H groups in total. The van der Waals surface area contributed by atoms with Crippen LogP contribution in [0.25, 0.3) is 0 Å². The number of ether oxygens (including phenoxy) is 2. The molecule has 1 aromatic carbocycles. The molecule has 0 spiro atoms. The van der Waals surface area contributed by atoms with Crippen LogP contribution in [0.1, 0.15) is 37.3 Å². The van der Waals surface area contributed by atoms with E-state index >= 15 is 0 Å². The summed E-state index contributed by atoms with van der Waals surface area (Å²) in [5.74, 6) is 1.51. The molecule has 170 valence electrons. The lowest BCUT2D eigenvalue weighted by Crippen LogP contribution is -2.39. The second-order valence-electron chi connectivity index (χ2n) is 7.99. The van der Waals surface area contributed by atoms with Crippen molar-refractivity contribution in [3.05, 3.63) is 35.4 Å². The summed E-state index contributed by atoms with van der Waals surface area (Å²) in [4.78, 5) is 7.23. The zero-order valence-corrected chi connectivity index (χ0v) is 20.7. The third kappa shape index (κ3) is 9.08. The van der Waals surface area contributed by atoms with E-state index < -0.39 is 0 Å². The van der Waals surface area contributed by atoms with E-state index in [1.807, 2.05) is 0 Å². The number of benzene rings is 1. The molecule has 1 fully saturated rings. The highest BCUT2D eigenvalue weighted by atomic mass is 127. The van der Waals surface area contributed by atoms with E-state index in [-0.39, 0.29) is 24.0 Å². The summed E-state index contributed by atoms with van der Waals surface area (Å²) >= 11 is 0. The first kappa shape index (κ1) is 25.4. The predicted molar refractivity (Wildman–Crippen MR) is 134 cm³/mol. The van der Waals surface area contributed by atoms with Crippen LogP contribution in [0.2, 0.25) is 0 Å². The fraction of sp³-hybridized carbons (Fsp3) is 0.696. The van der Waals surface area contributed by atoms with Crippen LogP contribution in [-0.2, 0) is 22.4 Å². The lowest BCUT2D eigenvalue weighted by Gasteiger charge is -2.28. The number of hydrogen-bond donors (Lipinski definition) is 2.